The van der Waals surface area contributed by atoms with E-state index in [0.29, 0.717) is 37.4 Å². The first kappa shape index (κ1) is 19.7. The number of hydrogen-bond acceptors (Lipinski definition) is 7. The van der Waals surface area contributed by atoms with E-state index in [1.807, 2.05) is 12.1 Å². The molecule has 0 aliphatic carbocycles. The maximum Gasteiger partial charge on any atom is 0.269 e. The van der Waals surface area contributed by atoms with Crippen LogP contribution in [0.25, 0.3) is 5.65 Å². The Morgan fingerprint density at radius 2 is 1.67 bits per heavy atom. The van der Waals surface area contributed by atoms with Gasteiger partial charge in [0.15, 0.2) is 11.5 Å². The summed E-state index contributed by atoms with van der Waals surface area (Å²) in [4.78, 5) is 26.9. The van der Waals surface area contributed by atoms with Gasteiger partial charge in [-0.25, -0.2) is 0 Å². The number of nitro benzene ring substituents is 1. The second-order valence-electron chi connectivity index (χ2n) is 8.32. The van der Waals surface area contributed by atoms with Crippen LogP contribution in [0.5, 0.6) is 0 Å². The van der Waals surface area contributed by atoms with Gasteiger partial charge >= 0.3 is 0 Å². The molecule has 0 N–H and O–H groups in total. The van der Waals surface area contributed by atoms with E-state index in [9.17, 15) is 14.9 Å². The molecular weight excluding hydrogens is 386 g/mol. The van der Waals surface area contributed by atoms with Gasteiger partial charge in [0.25, 0.3) is 11.6 Å². The summed E-state index contributed by atoms with van der Waals surface area (Å²) in [5.74, 6) is 1.49. The lowest BCUT2D eigenvalue weighted by molar-refractivity contribution is -0.384. The van der Waals surface area contributed by atoms with E-state index >= 15 is 0 Å². The quantitative estimate of drug-likeness (QED) is 0.482. The van der Waals surface area contributed by atoms with Crippen LogP contribution in [0.4, 0.5) is 11.5 Å². The zero-order chi connectivity index (χ0) is 21.5. The molecule has 1 aliphatic rings. The summed E-state index contributed by atoms with van der Waals surface area (Å²) >= 11 is 0. The minimum atomic E-state index is -0.474. The molecule has 0 spiro atoms. The zero-order valence-corrected chi connectivity index (χ0v) is 17.1. The van der Waals surface area contributed by atoms with Gasteiger partial charge in [0.2, 0.25) is 0 Å². The fourth-order valence-corrected chi connectivity index (χ4v) is 3.46. The molecule has 10 heteroatoms. The maximum atomic E-state index is 12.7. The number of piperazine rings is 1. The monoisotopic (exact) mass is 409 g/mol. The largest absolute Gasteiger partial charge is 0.352 e. The number of nitro groups is 1. The van der Waals surface area contributed by atoms with Crippen molar-refractivity contribution in [3.05, 3.63) is 57.9 Å². The number of non-ortho nitro benzene ring substituents is 1. The molecule has 30 heavy (non-hydrogen) atoms. The number of nitrogens with zero attached hydrogens (tertiary/aromatic N) is 7. The van der Waals surface area contributed by atoms with Crippen LogP contribution in [0.3, 0.4) is 0 Å². The number of anilines is 1. The lowest BCUT2D eigenvalue weighted by Crippen LogP contribution is -2.49. The topological polar surface area (TPSA) is 110 Å². The molecule has 4 rings (SSSR count). The van der Waals surface area contributed by atoms with Crippen LogP contribution in [-0.4, -0.2) is 61.7 Å². The number of carbonyl (C=O) groups is 1. The molecule has 0 saturated carbocycles. The molecule has 0 bridgehead atoms. The van der Waals surface area contributed by atoms with Crippen molar-refractivity contribution in [1.82, 2.24) is 24.7 Å². The van der Waals surface area contributed by atoms with Crippen molar-refractivity contribution in [1.29, 1.82) is 0 Å². The Labute approximate surface area is 173 Å². The van der Waals surface area contributed by atoms with Gasteiger partial charge in [-0.15, -0.1) is 15.3 Å². The minimum Gasteiger partial charge on any atom is -0.352 e. The summed E-state index contributed by atoms with van der Waals surface area (Å²) in [6.45, 7) is 8.59. The Morgan fingerprint density at radius 3 is 2.27 bits per heavy atom. The summed E-state index contributed by atoms with van der Waals surface area (Å²) in [5.41, 5.74) is 0.950. The zero-order valence-electron chi connectivity index (χ0n) is 17.1. The average Bonchev–Trinajstić information content (AvgIpc) is 3.17. The lowest BCUT2D eigenvalue weighted by Gasteiger charge is -2.35. The summed E-state index contributed by atoms with van der Waals surface area (Å²) in [7, 11) is 0. The van der Waals surface area contributed by atoms with E-state index in [4.69, 9.17) is 5.10 Å². The fourth-order valence-electron chi connectivity index (χ4n) is 3.46. The molecule has 3 aromatic rings. The van der Waals surface area contributed by atoms with Crippen LogP contribution in [0.2, 0.25) is 0 Å². The molecule has 1 saturated heterocycles. The van der Waals surface area contributed by atoms with Crippen molar-refractivity contribution in [2.24, 2.45) is 0 Å². The van der Waals surface area contributed by atoms with E-state index < -0.39 is 4.92 Å². The summed E-state index contributed by atoms with van der Waals surface area (Å²) < 4.78 is 1.78. The molecular formula is C20H23N7O3. The highest BCUT2D eigenvalue weighted by atomic mass is 16.6. The summed E-state index contributed by atoms with van der Waals surface area (Å²) in [5, 5.41) is 24.0. The molecule has 1 aliphatic heterocycles. The van der Waals surface area contributed by atoms with Crippen LogP contribution in [0.1, 0.15) is 37.0 Å². The molecule has 10 nitrogen and oxygen atoms in total. The molecule has 2 aromatic heterocycles. The van der Waals surface area contributed by atoms with Crippen molar-refractivity contribution < 1.29 is 9.72 Å². The van der Waals surface area contributed by atoms with E-state index in [2.05, 4.69) is 35.9 Å². The third kappa shape index (κ3) is 3.68. The first-order valence-electron chi connectivity index (χ1n) is 9.76. The van der Waals surface area contributed by atoms with Crippen LogP contribution in [0, 0.1) is 10.1 Å². The molecule has 156 valence electrons. The van der Waals surface area contributed by atoms with Crippen molar-refractivity contribution in [3.8, 4) is 0 Å². The van der Waals surface area contributed by atoms with Crippen LogP contribution in [0.15, 0.2) is 36.4 Å². The van der Waals surface area contributed by atoms with E-state index in [1.54, 1.807) is 9.42 Å². The number of aromatic nitrogens is 4. The van der Waals surface area contributed by atoms with Gasteiger partial charge in [-0.2, -0.15) is 4.52 Å². The van der Waals surface area contributed by atoms with E-state index in [-0.39, 0.29) is 17.0 Å². The highest BCUT2D eigenvalue weighted by molar-refractivity contribution is 5.94. The smallest absolute Gasteiger partial charge is 0.269 e. The van der Waals surface area contributed by atoms with Crippen LogP contribution < -0.4 is 4.90 Å². The second-order valence-corrected chi connectivity index (χ2v) is 8.32. The number of hydrogen-bond donors (Lipinski definition) is 0. The molecule has 0 unspecified atom stereocenters. The molecule has 1 aromatic carbocycles. The van der Waals surface area contributed by atoms with Gasteiger partial charge in [0.05, 0.1) is 4.92 Å². The third-order valence-electron chi connectivity index (χ3n) is 5.14. The Kier molecular flexibility index (Phi) is 4.84. The first-order valence-corrected chi connectivity index (χ1v) is 9.76. The van der Waals surface area contributed by atoms with Gasteiger partial charge in [0.1, 0.15) is 5.82 Å². The number of carbonyl (C=O) groups excluding carboxylic acids is 1. The molecule has 0 atom stereocenters. The predicted octanol–water partition coefficient (Wildman–Crippen LogP) is 2.29. The van der Waals surface area contributed by atoms with Crippen molar-refractivity contribution in [2.45, 2.75) is 26.2 Å². The Morgan fingerprint density at radius 1 is 1.00 bits per heavy atom. The number of fused-ring (bicyclic) bond motifs is 1. The van der Waals surface area contributed by atoms with E-state index in [0.717, 1.165) is 11.6 Å². The number of rotatable bonds is 3. The maximum absolute atomic E-state index is 12.7. The van der Waals surface area contributed by atoms with Gasteiger partial charge in [0, 0.05) is 49.3 Å². The summed E-state index contributed by atoms with van der Waals surface area (Å²) in [6.07, 6.45) is 0. The number of benzene rings is 1. The SMILES string of the molecule is CC(C)(C)c1nnc2ccc(N3CCN(C(=O)c4ccc([N+](=O)[O-])cc4)CC3)nn12. The predicted molar refractivity (Wildman–Crippen MR) is 111 cm³/mol. The van der Waals surface area contributed by atoms with Crippen LogP contribution >= 0.6 is 0 Å². The van der Waals surface area contributed by atoms with Gasteiger partial charge in [-0.1, -0.05) is 20.8 Å². The highest BCUT2D eigenvalue weighted by Gasteiger charge is 2.25. The van der Waals surface area contributed by atoms with Crippen LogP contribution in [-0.2, 0) is 5.41 Å². The van der Waals surface area contributed by atoms with E-state index in [1.165, 1.54) is 24.3 Å². The molecule has 0 radical (unpaired) electrons. The van der Waals surface area contributed by atoms with Crippen molar-refractivity contribution in [3.63, 3.8) is 0 Å². The minimum absolute atomic E-state index is 0.0264. The van der Waals surface area contributed by atoms with Crippen molar-refractivity contribution >= 4 is 23.1 Å². The van der Waals surface area contributed by atoms with Gasteiger partial charge in [-0.05, 0) is 24.3 Å². The molecule has 1 amide bonds. The Balaban J connectivity index is 1.46. The van der Waals surface area contributed by atoms with Crippen molar-refractivity contribution in [2.75, 3.05) is 31.1 Å². The third-order valence-corrected chi connectivity index (χ3v) is 5.14. The van der Waals surface area contributed by atoms with Gasteiger partial charge < -0.3 is 9.80 Å². The second kappa shape index (κ2) is 7.36. The molecule has 3 heterocycles. The van der Waals surface area contributed by atoms with Gasteiger partial charge in [-0.3, -0.25) is 14.9 Å². The fraction of sp³-hybridized carbons (Fsp3) is 0.400. The standard InChI is InChI=1S/C20H23N7O3/c1-20(2,3)19-22-21-16-8-9-17(23-26(16)19)24-10-12-25(13-11-24)18(28)14-4-6-15(7-5-14)27(29)30/h4-9H,10-13H2,1-3H3. The Hall–Kier alpha value is -3.56. The summed E-state index contributed by atoms with van der Waals surface area (Å²) in [6, 6.07) is 9.54. The lowest BCUT2D eigenvalue weighted by atomic mass is 9.96. The average molecular weight is 409 g/mol. The first-order chi connectivity index (χ1) is 14.2. The molecule has 1 fully saturated rings. The normalized spacial score (nSPS) is 14.9. The highest BCUT2D eigenvalue weighted by Crippen LogP contribution is 2.22. The number of amides is 1. The Bertz CT molecular complexity index is 1090.